The Balaban J connectivity index is 3.30. The summed E-state index contributed by atoms with van der Waals surface area (Å²) in [5.74, 6) is 0. The van der Waals surface area contributed by atoms with Crippen molar-refractivity contribution >= 4 is 43.1 Å². The van der Waals surface area contributed by atoms with Crippen LogP contribution in [0.2, 0.25) is 8.87 Å². The first-order valence-electron chi connectivity index (χ1n) is 8.87. The second-order valence-electron chi connectivity index (χ2n) is 5.97. The molecule has 0 unspecified atom stereocenters. The van der Waals surface area contributed by atoms with Crippen molar-refractivity contribution < 1.29 is 1.41 Å². The molecule has 0 aliphatic heterocycles. The van der Waals surface area contributed by atoms with Gasteiger partial charge in [-0.25, -0.2) is 0 Å². The summed E-state index contributed by atoms with van der Waals surface area (Å²) in [6, 6.07) is 0. The Morgan fingerprint density at radius 2 is 1.00 bits per heavy atom. The van der Waals surface area contributed by atoms with Gasteiger partial charge in [-0.2, -0.15) is 0 Å². The Morgan fingerprint density at radius 1 is 0.632 bits per heavy atom. The van der Waals surface area contributed by atoms with E-state index in [0.29, 0.717) is 22.9 Å². The maximum absolute atomic E-state index is 6.03. The monoisotopic (exact) mass is 486 g/mol. The van der Waals surface area contributed by atoms with Crippen molar-refractivity contribution in [2.24, 2.45) is 0 Å². The van der Waals surface area contributed by atoms with Crippen molar-refractivity contribution in [1.82, 2.24) is 0 Å². The van der Waals surface area contributed by atoms with Crippen LogP contribution in [0.1, 0.15) is 90.9 Å². The first kappa shape index (κ1) is 20.6. The molecule has 0 aliphatic rings. The quantitative estimate of drug-likeness (QED) is 0.242. The van der Waals surface area contributed by atoms with E-state index in [2.05, 4.69) is 13.8 Å². The summed E-state index contributed by atoms with van der Waals surface area (Å²) in [6.45, 7) is 4.59. The summed E-state index contributed by atoms with van der Waals surface area (Å²) < 4.78 is 9.10. The number of unbranched alkanes of at least 4 members (excludes halogenated alkanes) is 10. The predicted molar refractivity (Wildman–Crippen MR) is 94.5 cm³/mol. The fraction of sp³-hybridized carbons (Fsp3) is 1.00. The van der Waals surface area contributed by atoms with Crippen LogP contribution in [-0.4, -0.2) is 43.1 Å². The molecule has 0 N–H and O–H groups in total. The minimum atomic E-state index is -1.43. The zero-order chi connectivity index (χ0) is 14.2. The van der Waals surface area contributed by atoms with E-state index < -0.39 is 20.2 Å². The van der Waals surface area contributed by atoms with E-state index in [1.54, 1.807) is 0 Å². The van der Waals surface area contributed by atoms with Gasteiger partial charge in [-0.05, 0) is 0 Å². The topological polar surface area (TPSA) is 9.23 Å². The molecule has 0 radical (unpaired) electrons. The fourth-order valence-electron chi connectivity index (χ4n) is 2.68. The molecule has 0 aromatic carbocycles. The summed E-state index contributed by atoms with van der Waals surface area (Å²) in [4.78, 5) is 0. The van der Waals surface area contributed by atoms with E-state index in [1.807, 2.05) is 0 Å². The molecule has 0 amide bonds. The third-order valence-corrected chi connectivity index (χ3v) is 24.8. The molecular weight excluding hydrogens is 446 g/mol. The molecule has 0 atom stereocenters. The standard InChI is InChI=1S/2C8H17.O.2Sn.4H/c2*1-3-5-7-8-6-4-2;;;;;;;/h2*1,3-8H2,2H3;;;;;;;. The first-order chi connectivity index (χ1) is 9.35. The summed E-state index contributed by atoms with van der Waals surface area (Å²) in [5.41, 5.74) is 0. The van der Waals surface area contributed by atoms with Gasteiger partial charge >= 0.3 is 144 Å². The van der Waals surface area contributed by atoms with Gasteiger partial charge in [-0.1, -0.05) is 0 Å². The van der Waals surface area contributed by atoms with Gasteiger partial charge in [0.05, 0.1) is 0 Å². The summed E-state index contributed by atoms with van der Waals surface area (Å²) in [6.07, 6.45) is 17.4. The molecule has 0 aromatic rings. The number of hydrogen-bond donors (Lipinski definition) is 0. The average Bonchev–Trinajstić information content (AvgIpc) is 2.44. The van der Waals surface area contributed by atoms with Gasteiger partial charge < -0.3 is 0 Å². The Morgan fingerprint density at radius 3 is 1.37 bits per heavy atom. The predicted octanol–water partition coefficient (Wildman–Crippen LogP) is 4.73. The van der Waals surface area contributed by atoms with Crippen LogP contribution in [0.4, 0.5) is 0 Å². The second-order valence-corrected chi connectivity index (χ2v) is 23.2. The van der Waals surface area contributed by atoms with Gasteiger partial charge in [0.25, 0.3) is 0 Å². The van der Waals surface area contributed by atoms with Crippen LogP contribution in [0.15, 0.2) is 0 Å². The average molecular weight is 484 g/mol. The molecule has 0 bridgehead atoms. The van der Waals surface area contributed by atoms with Crippen LogP contribution in [0.5, 0.6) is 0 Å². The van der Waals surface area contributed by atoms with Crippen LogP contribution in [0.3, 0.4) is 0 Å². The Labute approximate surface area is 143 Å². The van der Waals surface area contributed by atoms with Crippen molar-refractivity contribution in [2.75, 3.05) is 0 Å². The van der Waals surface area contributed by atoms with E-state index in [0.717, 1.165) is 0 Å². The van der Waals surface area contributed by atoms with Gasteiger partial charge in [0.1, 0.15) is 0 Å². The number of rotatable bonds is 15. The molecule has 0 heterocycles. The van der Waals surface area contributed by atoms with Crippen LogP contribution < -0.4 is 0 Å². The molecule has 19 heavy (non-hydrogen) atoms. The molecule has 0 spiro atoms. The fourth-order valence-corrected chi connectivity index (χ4v) is 18.1. The minimum absolute atomic E-state index is 0.507. The molecule has 116 valence electrons. The second kappa shape index (κ2) is 17.6. The molecule has 0 rings (SSSR count). The Kier molecular flexibility index (Phi) is 19.1. The first-order valence-corrected chi connectivity index (χ1v) is 17.2. The molecule has 0 aliphatic carbocycles. The van der Waals surface area contributed by atoms with E-state index in [1.165, 1.54) is 85.9 Å². The summed E-state index contributed by atoms with van der Waals surface area (Å²) in [5, 5.41) is 0. The van der Waals surface area contributed by atoms with Crippen molar-refractivity contribution in [3.05, 3.63) is 0 Å². The summed E-state index contributed by atoms with van der Waals surface area (Å²) in [7, 11) is 0. The van der Waals surface area contributed by atoms with Gasteiger partial charge in [0.15, 0.2) is 0 Å². The van der Waals surface area contributed by atoms with Gasteiger partial charge in [0.2, 0.25) is 0 Å². The van der Waals surface area contributed by atoms with E-state index >= 15 is 0 Å². The van der Waals surface area contributed by atoms with Crippen molar-refractivity contribution in [2.45, 2.75) is 99.8 Å². The third kappa shape index (κ3) is 15.8. The SMILES string of the molecule is CCCCCCC[CH2][SnH]([CH2]CCCCCCC)[O][SnH3]. The van der Waals surface area contributed by atoms with Crippen molar-refractivity contribution in [3.63, 3.8) is 0 Å². The van der Waals surface area contributed by atoms with Crippen LogP contribution in [0.25, 0.3) is 0 Å². The van der Waals surface area contributed by atoms with Gasteiger partial charge in [0, 0.05) is 0 Å². The van der Waals surface area contributed by atoms with Crippen molar-refractivity contribution in [3.8, 4) is 0 Å². The van der Waals surface area contributed by atoms with Crippen LogP contribution in [0, 0.1) is 0 Å². The van der Waals surface area contributed by atoms with E-state index in [9.17, 15) is 0 Å². The molecule has 0 saturated carbocycles. The van der Waals surface area contributed by atoms with Crippen LogP contribution >= 0.6 is 0 Å². The van der Waals surface area contributed by atoms with E-state index in [-0.39, 0.29) is 0 Å². The molecule has 3 heteroatoms. The van der Waals surface area contributed by atoms with Gasteiger partial charge in [-0.3, -0.25) is 0 Å². The molecule has 1 nitrogen and oxygen atoms in total. The molecular formula is C16H38OSn2. The van der Waals surface area contributed by atoms with Gasteiger partial charge in [-0.15, -0.1) is 0 Å². The number of hydrogen-bond acceptors (Lipinski definition) is 1. The Hall–Kier alpha value is 1.56. The van der Waals surface area contributed by atoms with Crippen molar-refractivity contribution in [1.29, 1.82) is 0 Å². The zero-order valence-electron chi connectivity index (χ0n) is 13.9. The maximum atomic E-state index is 6.03. The molecule has 0 saturated heterocycles. The van der Waals surface area contributed by atoms with Crippen LogP contribution in [-0.2, 0) is 1.41 Å². The van der Waals surface area contributed by atoms with E-state index in [4.69, 9.17) is 1.41 Å². The Bertz CT molecular complexity index is 149. The summed E-state index contributed by atoms with van der Waals surface area (Å²) >= 11 is -0.925. The molecule has 0 fully saturated rings. The molecule has 0 aromatic heterocycles. The zero-order valence-corrected chi connectivity index (χ0v) is 22.9. The third-order valence-electron chi connectivity index (χ3n) is 4.09. The normalized spacial score (nSPS) is 11.5.